The molecular formula is C11H11BrF2O3. The lowest BCUT2D eigenvalue weighted by Crippen LogP contribution is -2.27. The first kappa shape index (κ1) is 13.9. The monoisotopic (exact) mass is 308 g/mol. The quantitative estimate of drug-likeness (QED) is 0.848. The third-order valence-corrected chi connectivity index (χ3v) is 2.51. The van der Waals surface area contributed by atoms with Crippen LogP contribution in [0.1, 0.15) is 19.8 Å². The molecule has 1 rings (SSSR count). The van der Waals surface area contributed by atoms with Crippen LogP contribution in [0.5, 0.6) is 5.75 Å². The lowest BCUT2D eigenvalue weighted by molar-refractivity contribution is -0.145. The highest BCUT2D eigenvalue weighted by atomic mass is 79.9. The Bertz CT molecular complexity index is 423. The van der Waals surface area contributed by atoms with Gasteiger partial charge >= 0.3 is 5.97 Å². The van der Waals surface area contributed by atoms with E-state index in [0.29, 0.717) is 6.42 Å². The number of carbonyl (C=O) groups is 1. The van der Waals surface area contributed by atoms with Crippen molar-refractivity contribution >= 4 is 21.9 Å². The number of benzene rings is 1. The van der Waals surface area contributed by atoms with Crippen LogP contribution in [-0.4, -0.2) is 17.2 Å². The highest BCUT2D eigenvalue weighted by Gasteiger charge is 2.21. The molecule has 6 heteroatoms. The van der Waals surface area contributed by atoms with E-state index in [9.17, 15) is 13.6 Å². The van der Waals surface area contributed by atoms with Gasteiger partial charge in [-0.2, -0.15) is 4.39 Å². The lowest BCUT2D eigenvalue weighted by atomic mass is 10.2. The Morgan fingerprint density at radius 1 is 1.53 bits per heavy atom. The van der Waals surface area contributed by atoms with E-state index < -0.39 is 29.5 Å². The highest BCUT2D eigenvalue weighted by molar-refractivity contribution is 9.10. The van der Waals surface area contributed by atoms with Crippen LogP contribution in [0.15, 0.2) is 16.6 Å². The molecule has 0 amide bonds. The Kier molecular flexibility index (Phi) is 4.86. The molecule has 1 aromatic rings. The van der Waals surface area contributed by atoms with Gasteiger partial charge in [-0.05, 0) is 18.6 Å². The minimum atomic E-state index is -1.20. The van der Waals surface area contributed by atoms with E-state index in [4.69, 9.17) is 9.84 Å². The van der Waals surface area contributed by atoms with Gasteiger partial charge in [-0.15, -0.1) is 0 Å². The first-order chi connectivity index (χ1) is 7.95. The lowest BCUT2D eigenvalue weighted by Gasteiger charge is -2.15. The van der Waals surface area contributed by atoms with Crippen molar-refractivity contribution in [2.24, 2.45) is 0 Å². The molecule has 0 bridgehead atoms. The minimum absolute atomic E-state index is 0.225. The summed E-state index contributed by atoms with van der Waals surface area (Å²) in [6.45, 7) is 1.77. The number of carboxylic acid groups (broad SMARTS) is 1. The molecular weight excluding hydrogens is 298 g/mol. The van der Waals surface area contributed by atoms with E-state index in [-0.39, 0.29) is 10.9 Å². The topological polar surface area (TPSA) is 46.5 Å². The third-order valence-electron chi connectivity index (χ3n) is 2.06. The van der Waals surface area contributed by atoms with Crippen LogP contribution in [0, 0.1) is 11.6 Å². The van der Waals surface area contributed by atoms with Gasteiger partial charge in [0.25, 0.3) is 0 Å². The highest BCUT2D eigenvalue weighted by Crippen LogP contribution is 2.26. The molecule has 0 saturated heterocycles. The average molecular weight is 309 g/mol. The smallest absolute Gasteiger partial charge is 0.344 e. The van der Waals surface area contributed by atoms with Crippen LogP contribution in [0.25, 0.3) is 0 Å². The molecule has 0 saturated carbocycles. The summed E-state index contributed by atoms with van der Waals surface area (Å²) >= 11 is 2.98. The normalized spacial score (nSPS) is 12.2. The van der Waals surface area contributed by atoms with Crippen molar-refractivity contribution in [3.05, 3.63) is 28.2 Å². The summed E-state index contributed by atoms with van der Waals surface area (Å²) in [5.74, 6) is -3.88. The molecule has 0 aliphatic rings. The van der Waals surface area contributed by atoms with Crippen molar-refractivity contribution in [1.82, 2.24) is 0 Å². The molecule has 1 atom stereocenters. The van der Waals surface area contributed by atoms with Crippen molar-refractivity contribution in [2.75, 3.05) is 0 Å². The standard InChI is InChI=1S/C11H11BrF2O3/c1-2-3-8(11(15)16)17-9-5-6(12)4-7(13)10(9)14/h4-5,8H,2-3H2,1H3,(H,15,16). The summed E-state index contributed by atoms with van der Waals surface area (Å²) in [7, 11) is 0. The number of ether oxygens (including phenoxy) is 1. The van der Waals surface area contributed by atoms with Gasteiger partial charge in [-0.1, -0.05) is 29.3 Å². The maximum Gasteiger partial charge on any atom is 0.344 e. The third kappa shape index (κ3) is 3.66. The molecule has 0 fully saturated rings. The molecule has 1 aromatic carbocycles. The summed E-state index contributed by atoms with van der Waals surface area (Å²) in [4.78, 5) is 10.8. The summed E-state index contributed by atoms with van der Waals surface area (Å²) < 4.78 is 31.6. The Morgan fingerprint density at radius 2 is 2.18 bits per heavy atom. The summed E-state index contributed by atoms with van der Waals surface area (Å²) in [6.07, 6.45) is -0.388. The zero-order valence-electron chi connectivity index (χ0n) is 9.04. The van der Waals surface area contributed by atoms with Gasteiger partial charge in [-0.25, -0.2) is 9.18 Å². The fraction of sp³-hybridized carbons (Fsp3) is 0.364. The summed E-state index contributed by atoms with van der Waals surface area (Å²) in [5.41, 5.74) is 0. The average Bonchev–Trinajstić information content (AvgIpc) is 2.24. The molecule has 17 heavy (non-hydrogen) atoms. The second kappa shape index (κ2) is 5.95. The van der Waals surface area contributed by atoms with Crippen molar-refractivity contribution in [3.63, 3.8) is 0 Å². The van der Waals surface area contributed by atoms with E-state index in [0.717, 1.165) is 6.07 Å². The number of aliphatic carboxylic acids is 1. The molecule has 1 unspecified atom stereocenters. The number of hydrogen-bond donors (Lipinski definition) is 1. The van der Waals surface area contributed by atoms with Gasteiger partial charge in [0.2, 0.25) is 5.82 Å². The zero-order valence-corrected chi connectivity index (χ0v) is 10.6. The van der Waals surface area contributed by atoms with Gasteiger partial charge < -0.3 is 9.84 Å². The fourth-order valence-corrected chi connectivity index (χ4v) is 1.68. The van der Waals surface area contributed by atoms with Crippen molar-refractivity contribution in [2.45, 2.75) is 25.9 Å². The maximum absolute atomic E-state index is 13.3. The predicted molar refractivity (Wildman–Crippen MR) is 61.0 cm³/mol. The Balaban J connectivity index is 2.96. The minimum Gasteiger partial charge on any atom is -0.479 e. The van der Waals surface area contributed by atoms with Gasteiger partial charge in [0.15, 0.2) is 17.7 Å². The van der Waals surface area contributed by atoms with Crippen molar-refractivity contribution in [1.29, 1.82) is 0 Å². The van der Waals surface area contributed by atoms with E-state index in [1.807, 2.05) is 0 Å². The Labute approximate surface area is 106 Å². The van der Waals surface area contributed by atoms with E-state index >= 15 is 0 Å². The van der Waals surface area contributed by atoms with Crippen LogP contribution in [0.4, 0.5) is 8.78 Å². The van der Waals surface area contributed by atoms with E-state index in [1.54, 1.807) is 6.92 Å². The van der Waals surface area contributed by atoms with Crippen LogP contribution in [0.3, 0.4) is 0 Å². The molecule has 0 aliphatic heterocycles. The van der Waals surface area contributed by atoms with Gasteiger partial charge in [0, 0.05) is 4.47 Å². The van der Waals surface area contributed by atoms with Crippen molar-refractivity contribution < 1.29 is 23.4 Å². The first-order valence-electron chi connectivity index (χ1n) is 4.99. The van der Waals surface area contributed by atoms with Crippen LogP contribution in [0.2, 0.25) is 0 Å². The number of carboxylic acids is 1. The van der Waals surface area contributed by atoms with Crippen LogP contribution < -0.4 is 4.74 Å². The van der Waals surface area contributed by atoms with Gasteiger partial charge in [0.05, 0.1) is 0 Å². The molecule has 0 spiro atoms. The fourth-order valence-electron chi connectivity index (χ4n) is 1.27. The zero-order chi connectivity index (χ0) is 13.0. The van der Waals surface area contributed by atoms with Crippen LogP contribution in [-0.2, 0) is 4.79 Å². The largest absolute Gasteiger partial charge is 0.479 e. The van der Waals surface area contributed by atoms with E-state index in [1.165, 1.54) is 6.07 Å². The summed E-state index contributed by atoms with van der Waals surface area (Å²) in [6, 6.07) is 2.14. The Hall–Kier alpha value is -1.17. The maximum atomic E-state index is 13.3. The molecule has 1 N–H and O–H groups in total. The molecule has 0 aliphatic carbocycles. The number of hydrogen-bond acceptors (Lipinski definition) is 2. The molecule has 0 radical (unpaired) electrons. The van der Waals surface area contributed by atoms with E-state index in [2.05, 4.69) is 15.9 Å². The second-order valence-corrected chi connectivity index (χ2v) is 4.35. The molecule has 0 aromatic heterocycles. The Morgan fingerprint density at radius 3 is 2.71 bits per heavy atom. The second-order valence-electron chi connectivity index (χ2n) is 3.43. The SMILES string of the molecule is CCCC(Oc1cc(Br)cc(F)c1F)C(=O)O. The molecule has 0 heterocycles. The predicted octanol–water partition coefficient (Wildman–Crippen LogP) is 3.36. The van der Waals surface area contributed by atoms with Gasteiger partial charge in [0.1, 0.15) is 0 Å². The number of halogens is 3. The number of rotatable bonds is 5. The summed E-state index contributed by atoms with van der Waals surface area (Å²) in [5, 5.41) is 8.84. The first-order valence-corrected chi connectivity index (χ1v) is 5.79. The van der Waals surface area contributed by atoms with Crippen LogP contribution >= 0.6 is 15.9 Å². The van der Waals surface area contributed by atoms with Gasteiger partial charge in [-0.3, -0.25) is 0 Å². The molecule has 3 nitrogen and oxygen atoms in total. The molecule has 94 valence electrons. The van der Waals surface area contributed by atoms with Crippen molar-refractivity contribution in [3.8, 4) is 5.75 Å².